The maximum absolute atomic E-state index is 13.7. The number of hydrogen-bond acceptors (Lipinski definition) is 4. The summed E-state index contributed by atoms with van der Waals surface area (Å²) >= 11 is 6.10. The van der Waals surface area contributed by atoms with Crippen LogP contribution < -0.4 is 0 Å². The van der Waals surface area contributed by atoms with Gasteiger partial charge >= 0.3 is 0 Å². The first-order valence-electron chi connectivity index (χ1n) is 10.6. The number of aryl methyl sites for hydroxylation is 1. The minimum absolute atomic E-state index is 0.0134. The molecule has 6 nitrogen and oxygen atoms in total. The third-order valence-electron chi connectivity index (χ3n) is 6.33. The largest absolute Gasteiger partial charge is 0.269 e. The van der Waals surface area contributed by atoms with Crippen molar-refractivity contribution in [3.63, 3.8) is 0 Å². The van der Waals surface area contributed by atoms with Crippen molar-refractivity contribution in [3.8, 4) is 0 Å². The predicted octanol–water partition coefficient (Wildman–Crippen LogP) is 5.90. The van der Waals surface area contributed by atoms with E-state index in [1.54, 1.807) is 48.5 Å². The summed E-state index contributed by atoms with van der Waals surface area (Å²) in [5, 5.41) is 12.1. The first-order chi connectivity index (χ1) is 15.8. The molecule has 0 bridgehead atoms. The molecular weight excluding hydrogens is 460 g/mol. The molecule has 0 aromatic heterocycles. The van der Waals surface area contributed by atoms with E-state index in [9.17, 15) is 18.5 Å². The zero-order valence-corrected chi connectivity index (χ0v) is 19.4. The lowest BCUT2D eigenvalue weighted by atomic mass is 9.86. The van der Waals surface area contributed by atoms with E-state index in [-0.39, 0.29) is 16.5 Å². The monoisotopic (exact) mass is 480 g/mol. The normalized spacial score (nSPS) is 17.6. The van der Waals surface area contributed by atoms with Crippen LogP contribution in [0.5, 0.6) is 0 Å². The number of sulfonamides is 1. The van der Waals surface area contributed by atoms with Crippen LogP contribution in [0.4, 0.5) is 5.69 Å². The molecule has 3 aromatic carbocycles. The lowest BCUT2D eigenvalue weighted by Crippen LogP contribution is -2.33. The molecule has 1 unspecified atom stereocenters. The van der Waals surface area contributed by atoms with E-state index in [0.29, 0.717) is 30.1 Å². The molecule has 0 N–H and O–H groups in total. The van der Waals surface area contributed by atoms with Crippen LogP contribution in [0.25, 0.3) is 5.70 Å². The van der Waals surface area contributed by atoms with E-state index in [2.05, 4.69) is 0 Å². The van der Waals surface area contributed by atoms with E-state index in [1.165, 1.54) is 10.4 Å². The van der Waals surface area contributed by atoms with Gasteiger partial charge in [0.2, 0.25) is 0 Å². The SMILES string of the molecule is Cc1ccc(S(=O)(=O)N2CCCC3=C2c2ccc([N+](=O)[O-])cc2C3c2ccc(Cl)cc2)cc1. The molecule has 1 atom stereocenters. The molecule has 168 valence electrons. The molecule has 0 radical (unpaired) electrons. The van der Waals surface area contributed by atoms with Crippen molar-refractivity contribution < 1.29 is 13.3 Å². The van der Waals surface area contributed by atoms with Gasteiger partial charge in [0.1, 0.15) is 0 Å². The lowest BCUT2D eigenvalue weighted by Gasteiger charge is -2.32. The maximum atomic E-state index is 13.7. The van der Waals surface area contributed by atoms with Gasteiger partial charge < -0.3 is 0 Å². The molecule has 0 spiro atoms. The van der Waals surface area contributed by atoms with Crippen LogP contribution in [-0.2, 0) is 10.0 Å². The van der Waals surface area contributed by atoms with Gasteiger partial charge in [0.15, 0.2) is 0 Å². The van der Waals surface area contributed by atoms with Crippen molar-refractivity contribution in [1.82, 2.24) is 4.31 Å². The van der Waals surface area contributed by atoms with Crippen molar-refractivity contribution in [2.75, 3.05) is 6.54 Å². The zero-order chi connectivity index (χ0) is 23.3. The standard InChI is InChI=1S/C25H21ClN2O4S/c1-16-4-11-20(12-5-16)33(31,32)27-14-2-3-22-24(17-6-8-18(26)9-7-17)23-15-19(28(29)30)10-13-21(23)25(22)27/h4-13,15,24H,2-3,14H2,1H3. The average Bonchev–Trinajstić information content (AvgIpc) is 3.13. The van der Waals surface area contributed by atoms with Gasteiger partial charge in [-0.2, -0.15) is 0 Å². The quantitative estimate of drug-likeness (QED) is 0.344. The average molecular weight is 481 g/mol. The van der Waals surface area contributed by atoms with Crippen LogP contribution in [-0.4, -0.2) is 24.2 Å². The number of allylic oxidation sites excluding steroid dienone is 1. The maximum Gasteiger partial charge on any atom is 0.269 e. The molecule has 3 aromatic rings. The molecule has 8 heteroatoms. The van der Waals surface area contributed by atoms with Crippen LogP contribution >= 0.6 is 11.6 Å². The molecule has 0 fully saturated rings. The number of fused-ring (bicyclic) bond motifs is 2. The Morgan fingerprint density at radius 3 is 2.39 bits per heavy atom. The fourth-order valence-electron chi connectivity index (χ4n) is 4.81. The first-order valence-corrected chi connectivity index (χ1v) is 12.5. The summed E-state index contributed by atoms with van der Waals surface area (Å²) in [5.74, 6) is -0.261. The number of nitro benzene ring substituents is 1. The Bertz CT molecular complexity index is 1400. The summed E-state index contributed by atoms with van der Waals surface area (Å²) in [6, 6.07) is 18.9. The fraction of sp³-hybridized carbons (Fsp3) is 0.200. The Hall–Kier alpha value is -3.16. The van der Waals surface area contributed by atoms with Gasteiger partial charge in [-0.3, -0.25) is 14.4 Å². The summed E-state index contributed by atoms with van der Waals surface area (Å²) in [6.07, 6.45) is 1.38. The number of rotatable bonds is 4. The van der Waals surface area contributed by atoms with Crippen molar-refractivity contribution >= 4 is 33.0 Å². The first kappa shape index (κ1) is 21.7. The molecule has 33 heavy (non-hydrogen) atoms. The van der Waals surface area contributed by atoms with E-state index >= 15 is 0 Å². The molecule has 5 rings (SSSR count). The van der Waals surface area contributed by atoms with Crippen molar-refractivity contribution in [3.05, 3.63) is 110 Å². The zero-order valence-electron chi connectivity index (χ0n) is 17.9. The minimum atomic E-state index is -3.79. The predicted molar refractivity (Wildman–Crippen MR) is 128 cm³/mol. The van der Waals surface area contributed by atoms with Crippen LogP contribution in [0.1, 0.15) is 41.0 Å². The van der Waals surface area contributed by atoms with Crippen molar-refractivity contribution in [2.45, 2.75) is 30.6 Å². The highest BCUT2D eigenvalue weighted by Crippen LogP contribution is 2.52. The van der Waals surface area contributed by atoms with Gasteiger partial charge in [0.05, 0.1) is 15.5 Å². The highest BCUT2D eigenvalue weighted by molar-refractivity contribution is 7.89. The van der Waals surface area contributed by atoms with E-state index < -0.39 is 14.9 Å². The van der Waals surface area contributed by atoms with Crippen LogP contribution in [0.3, 0.4) is 0 Å². The third-order valence-corrected chi connectivity index (χ3v) is 8.40. The summed E-state index contributed by atoms with van der Waals surface area (Å²) in [7, 11) is -3.79. The Morgan fingerprint density at radius 1 is 1.03 bits per heavy atom. The van der Waals surface area contributed by atoms with E-state index in [1.807, 2.05) is 19.1 Å². The molecule has 1 aliphatic heterocycles. The summed E-state index contributed by atoms with van der Waals surface area (Å²) in [4.78, 5) is 11.3. The smallest absolute Gasteiger partial charge is 0.266 e. The number of hydrogen-bond donors (Lipinski definition) is 0. The Kier molecular flexibility index (Phi) is 5.26. The van der Waals surface area contributed by atoms with Gasteiger partial charge in [0, 0.05) is 35.2 Å². The number of benzene rings is 3. The lowest BCUT2D eigenvalue weighted by molar-refractivity contribution is -0.384. The van der Waals surface area contributed by atoms with Gasteiger partial charge in [-0.15, -0.1) is 0 Å². The minimum Gasteiger partial charge on any atom is -0.266 e. The van der Waals surface area contributed by atoms with Gasteiger partial charge in [-0.1, -0.05) is 41.4 Å². The molecule has 0 amide bonds. The third kappa shape index (κ3) is 3.61. The Balaban J connectivity index is 1.71. The van der Waals surface area contributed by atoms with Crippen LogP contribution in [0.15, 0.2) is 77.2 Å². The van der Waals surface area contributed by atoms with E-state index in [0.717, 1.165) is 27.8 Å². The van der Waals surface area contributed by atoms with Crippen molar-refractivity contribution in [1.29, 1.82) is 0 Å². The topological polar surface area (TPSA) is 80.5 Å². The summed E-state index contributed by atoms with van der Waals surface area (Å²) in [5.41, 5.74) is 4.99. The molecule has 0 saturated carbocycles. The number of non-ortho nitro benzene ring substituents is 1. The number of halogens is 1. The summed E-state index contributed by atoms with van der Waals surface area (Å²) < 4.78 is 28.8. The molecule has 0 saturated heterocycles. The van der Waals surface area contributed by atoms with Crippen LogP contribution in [0, 0.1) is 17.0 Å². The van der Waals surface area contributed by atoms with Crippen molar-refractivity contribution in [2.24, 2.45) is 0 Å². The molecular formula is C25H21ClN2O4S. The second-order valence-electron chi connectivity index (χ2n) is 8.38. The number of nitrogens with zero attached hydrogens (tertiary/aromatic N) is 2. The van der Waals surface area contributed by atoms with E-state index in [4.69, 9.17) is 11.6 Å². The van der Waals surface area contributed by atoms with Gasteiger partial charge in [-0.25, -0.2) is 8.42 Å². The Morgan fingerprint density at radius 2 is 1.73 bits per heavy atom. The van der Waals surface area contributed by atoms with Crippen LogP contribution in [0.2, 0.25) is 5.02 Å². The fourth-order valence-corrected chi connectivity index (χ4v) is 6.50. The number of nitro groups is 1. The molecule has 1 aliphatic carbocycles. The van der Waals surface area contributed by atoms with Gasteiger partial charge in [0.25, 0.3) is 15.7 Å². The molecule has 1 heterocycles. The Labute approximate surface area is 197 Å². The molecule has 2 aliphatic rings. The second kappa shape index (κ2) is 8.01. The highest BCUT2D eigenvalue weighted by atomic mass is 35.5. The summed E-state index contributed by atoms with van der Waals surface area (Å²) in [6.45, 7) is 2.27. The second-order valence-corrected chi connectivity index (χ2v) is 10.7. The highest BCUT2D eigenvalue weighted by Gasteiger charge is 2.41. The van der Waals surface area contributed by atoms with Gasteiger partial charge in [-0.05, 0) is 66.8 Å².